The third kappa shape index (κ3) is 1.54. The normalized spacial score (nSPS) is 9.56. The van der Waals surface area contributed by atoms with Crippen LogP contribution in [0.3, 0.4) is 0 Å². The maximum absolute atomic E-state index is 8.64. The van der Waals surface area contributed by atoms with E-state index in [1.165, 1.54) is 0 Å². The lowest BCUT2D eigenvalue weighted by Crippen LogP contribution is -1.82. The summed E-state index contributed by atoms with van der Waals surface area (Å²) >= 11 is 0. The van der Waals surface area contributed by atoms with Crippen LogP contribution in [0.4, 0.5) is 0 Å². The van der Waals surface area contributed by atoms with Crippen molar-refractivity contribution >= 4 is 0 Å². The van der Waals surface area contributed by atoms with E-state index in [-0.39, 0.29) is 6.61 Å². The van der Waals surface area contributed by atoms with Gasteiger partial charge in [0.2, 0.25) is 0 Å². The van der Waals surface area contributed by atoms with Gasteiger partial charge in [0.25, 0.3) is 0 Å². The van der Waals surface area contributed by atoms with Gasteiger partial charge in [-0.1, -0.05) is 17.7 Å². The molecule has 0 fully saturated rings. The van der Waals surface area contributed by atoms with Gasteiger partial charge in [0.05, 0.1) is 6.61 Å². The molecule has 0 spiro atoms. The summed E-state index contributed by atoms with van der Waals surface area (Å²) in [6.07, 6.45) is 0. The van der Waals surface area contributed by atoms with E-state index < -0.39 is 0 Å². The maximum Gasteiger partial charge on any atom is 0.0682 e. The number of aliphatic hydroxyl groups excluding tert-OH is 1. The van der Waals surface area contributed by atoms with Crippen molar-refractivity contribution in [3.05, 3.63) is 35.4 Å². The van der Waals surface area contributed by atoms with E-state index in [0.717, 1.165) is 11.1 Å². The summed E-state index contributed by atoms with van der Waals surface area (Å²) in [5.74, 6) is 0. The Morgan fingerprint density at radius 2 is 2.33 bits per heavy atom. The summed E-state index contributed by atoms with van der Waals surface area (Å²) < 4.78 is 0. The van der Waals surface area contributed by atoms with Crippen molar-refractivity contribution in [1.29, 1.82) is 0 Å². The van der Waals surface area contributed by atoms with Gasteiger partial charge in [-0.3, -0.25) is 0 Å². The Bertz CT molecular complexity index is 194. The van der Waals surface area contributed by atoms with Gasteiger partial charge in [-0.15, -0.1) is 0 Å². The Labute approximate surface area is 55.0 Å². The second kappa shape index (κ2) is 2.65. The molecule has 0 aromatic heterocycles. The molecule has 0 unspecified atom stereocenters. The molecular formula is C8H9O. The van der Waals surface area contributed by atoms with E-state index in [1.54, 1.807) is 6.07 Å². The third-order valence-electron chi connectivity index (χ3n) is 1.18. The van der Waals surface area contributed by atoms with Gasteiger partial charge >= 0.3 is 0 Å². The second-order valence-electron chi connectivity index (χ2n) is 2.08. The highest BCUT2D eigenvalue weighted by Crippen LogP contribution is 2.01. The highest BCUT2D eigenvalue weighted by atomic mass is 16.3. The molecule has 47 valence electrons. The number of aryl methyl sites for hydroxylation is 1. The average molecular weight is 121 g/mol. The molecule has 0 saturated carbocycles. The topological polar surface area (TPSA) is 20.2 Å². The molecule has 1 nitrogen and oxygen atoms in total. The molecule has 1 rings (SSSR count). The van der Waals surface area contributed by atoms with Gasteiger partial charge < -0.3 is 5.11 Å². The van der Waals surface area contributed by atoms with Crippen molar-refractivity contribution in [3.63, 3.8) is 0 Å². The summed E-state index contributed by atoms with van der Waals surface area (Å²) in [7, 11) is 0. The van der Waals surface area contributed by atoms with Crippen molar-refractivity contribution in [3.8, 4) is 0 Å². The molecule has 1 aromatic carbocycles. The summed E-state index contributed by atoms with van der Waals surface area (Å²) in [5.41, 5.74) is 2.07. The van der Waals surface area contributed by atoms with Crippen LogP contribution >= 0.6 is 0 Å². The summed E-state index contributed by atoms with van der Waals surface area (Å²) in [6, 6.07) is 8.53. The number of rotatable bonds is 1. The largest absolute Gasteiger partial charge is 0.392 e. The molecular weight excluding hydrogens is 112 g/mol. The van der Waals surface area contributed by atoms with Gasteiger partial charge in [0, 0.05) is 0 Å². The highest BCUT2D eigenvalue weighted by molar-refractivity contribution is 5.20. The van der Waals surface area contributed by atoms with E-state index in [2.05, 4.69) is 6.07 Å². The zero-order chi connectivity index (χ0) is 6.69. The molecule has 1 heteroatoms. The minimum atomic E-state index is 0.109. The van der Waals surface area contributed by atoms with Gasteiger partial charge in [0.1, 0.15) is 0 Å². The molecule has 0 saturated heterocycles. The maximum atomic E-state index is 8.64. The van der Waals surface area contributed by atoms with Crippen LogP contribution in [0.25, 0.3) is 0 Å². The Balaban J connectivity index is 2.94. The number of benzene rings is 1. The molecule has 0 aliphatic carbocycles. The zero-order valence-electron chi connectivity index (χ0n) is 5.39. The summed E-state index contributed by atoms with van der Waals surface area (Å²) in [4.78, 5) is 0. The number of hydrogen-bond acceptors (Lipinski definition) is 1. The Hall–Kier alpha value is -0.820. The molecule has 9 heavy (non-hydrogen) atoms. The molecule has 0 atom stereocenters. The second-order valence-corrected chi connectivity index (χ2v) is 2.08. The van der Waals surface area contributed by atoms with Crippen LogP contribution in [0.2, 0.25) is 0 Å². The lowest BCUT2D eigenvalue weighted by molar-refractivity contribution is 0.281. The fourth-order valence-electron chi connectivity index (χ4n) is 0.747. The Morgan fingerprint density at radius 3 is 2.78 bits per heavy atom. The zero-order valence-corrected chi connectivity index (χ0v) is 5.39. The van der Waals surface area contributed by atoms with Crippen LogP contribution in [0.15, 0.2) is 18.2 Å². The van der Waals surface area contributed by atoms with E-state index in [4.69, 9.17) is 5.11 Å². The van der Waals surface area contributed by atoms with Crippen molar-refractivity contribution in [1.82, 2.24) is 0 Å². The molecule has 0 heterocycles. The standard InChI is InChI=1S/C8H9O/c1-7-3-2-4-8(5-7)6-9/h3-5,9H,6H2,1H3. The van der Waals surface area contributed by atoms with Gasteiger partial charge in [0.15, 0.2) is 0 Å². The van der Waals surface area contributed by atoms with Crippen molar-refractivity contribution in [2.24, 2.45) is 0 Å². The van der Waals surface area contributed by atoms with E-state index >= 15 is 0 Å². The number of aliphatic hydroxyl groups is 1. The van der Waals surface area contributed by atoms with Crippen LogP contribution in [0.1, 0.15) is 11.1 Å². The predicted octanol–water partition coefficient (Wildman–Crippen LogP) is 1.29. The molecule has 0 aliphatic rings. The summed E-state index contributed by atoms with van der Waals surface area (Å²) in [5, 5.41) is 8.64. The van der Waals surface area contributed by atoms with Crippen molar-refractivity contribution < 1.29 is 5.11 Å². The monoisotopic (exact) mass is 121 g/mol. The molecule has 1 aromatic rings. The molecule has 0 aliphatic heterocycles. The minimum absolute atomic E-state index is 0.109. The fourth-order valence-corrected chi connectivity index (χ4v) is 0.747. The van der Waals surface area contributed by atoms with E-state index in [0.29, 0.717) is 0 Å². The molecule has 1 N–H and O–H groups in total. The van der Waals surface area contributed by atoms with E-state index in [9.17, 15) is 0 Å². The first kappa shape index (κ1) is 6.30. The minimum Gasteiger partial charge on any atom is -0.392 e. The van der Waals surface area contributed by atoms with E-state index in [1.807, 2.05) is 19.1 Å². The first-order valence-electron chi connectivity index (χ1n) is 2.90. The molecule has 0 bridgehead atoms. The third-order valence-corrected chi connectivity index (χ3v) is 1.18. The smallest absolute Gasteiger partial charge is 0.0682 e. The Kier molecular flexibility index (Phi) is 1.85. The molecule has 0 amide bonds. The van der Waals surface area contributed by atoms with Crippen LogP contribution in [0.5, 0.6) is 0 Å². The lowest BCUT2D eigenvalue weighted by Gasteiger charge is -1.94. The first-order valence-corrected chi connectivity index (χ1v) is 2.90. The van der Waals surface area contributed by atoms with Crippen LogP contribution in [-0.2, 0) is 6.61 Å². The van der Waals surface area contributed by atoms with Crippen LogP contribution < -0.4 is 0 Å². The van der Waals surface area contributed by atoms with Crippen LogP contribution in [-0.4, -0.2) is 5.11 Å². The Morgan fingerprint density at radius 1 is 1.56 bits per heavy atom. The number of hydrogen-bond donors (Lipinski definition) is 1. The highest BCUT2D eigenvalue weighted by Gasteiger charge is 1.87. The van der Waals surface area contributed by atoms with Gasteiger partial charge in [-0.2, -0.15) is 0 Å². The first-order chi connectivity index (χ1) is 4.33. The van der Waals surface area contributed by atoms with Gasteiger partial charge in [-0.25, -0.2) is 0 Å². The average Bonchev–Trinajstić information content (AvgIpc) is 1.88. The van der Waals surface area contributed by atoms with Crippen LogP contribution in [0, 0.1) is 13.0 Å². The van der Waals surface area contributed by atoms with Crippen molar-refractivity contribution in [2.75, 3.05) is 0 Å². The SMILES string of the molecule is Cc1c[c]cc(CO)c1. The predicted molar refractivity (Wildman–Crippen MR) is 35.9 cm³/mol. The van der Waals surface area contributed by atoms with Gasteiger partial charge in [-0.05, 0) is 24.6 Å². The fraction of sp³-hybridized carbons (Fsp3) is 0.250. The lowest BCUT2D eigenvalue weighted by atomic mass is 10.1. The molecule has 1 radical (unpaired) electrons. The summed E-state index contributed by atoms with van der Waals surface area (Å²) in [6.45, 7) is 2.09. The quantitative estimate of drug-likeness (QED) is 0.593. The van der Waals surface area contributed by atoms with Crippen molar-refractivity contribution in [2.45, 2.75) is 13.5 Å².